The van der Waals surface area contributed by atoms with E-state index in [4.69, 9.17) is 0 Å². The maximum absolute atomic E-state index is 14.0. The lowest BCUT2D eigenvalue weighted by Crippen LogP contribution is -2.22. The minimum absolute atomic E-state index is 0.0955. The van der Waals surface area contributed by atoms with E-state index in [1.165, 1.54) is 34.2 Å². The van der Waals surface area contributed by atoms with Crippen molar-refractivity contribution in [3.63, 3.8) is 0 Å². The molecule has 3 heterocycles. The third kappa shape index (κ3) is 3.67. The van der Waals surface area contributed by atoms with Crippen molar-refractivity contribution in [3.8, 4) is 16.5 Å². The number of nitrogens with one attached hydrogen (secondary N) is 2. The van der Waals surface area contributed by atoms with Gasteiger partial charge in [0.05, 0.1) is 10.4 Å². The van der Waals surface area contributed by atoms with Gasteiger partial charge in [0.25, 0.3) is 11.5 Å². The number of aromatic nitrogens is 4. The normalized spacial score (nSPS) is 10.9. The average Bonchev–Trinajstić information content (AvgIpc) is 3.38. The van der Waals surface area contributed by atoms with Crippen LogP contribution in [0.2, 0.25) is 0 Å². The van der Waals surface area contributed by atoms with Crippen LogP contribution in [0.3, 0.4) is 0 Å². The van der Waals surface area contributed by atoms with Gasteiger partial charge in [0, 0.05) is 17.3 Å². The highest BCUT2D eigenvalue weighted by molar-refractivity contribution is 7.13. The van der Waals surface area contributed by atoms with E-state index in [0.717, 1.165) is 4.88 Å². The van der Waals surface area contributed by atoms with Crippen LogP contribution < -0.4 is 10.9 Å². The zero-order valence-corrected chi connectivity index (χ0v) is 17.1. The monoisotopic (exact) mass is 423 g/mol. The van der Waals surface area contributed by atoms with Crippen LogP contribution in [0.4, 0.5) is 10.2 Å². The zero-order valence-electron chi connectivity index (χ0n) is 16.3. The molecule has 9 heteroatoms. The SMILES string of the molecule is CCc1c(C)nc(-n2nc(-c3cccs3)cc2NC(=O)c2ccccc2F)[nH]c1=O. The zero-order chi connectivity index (χ0) is 21.3. The molecule has 1 aromatic carbocycles. The van der Waals surface area contributed by atoms with Crippen LogP contribution in [0.15, 0.2) is 52.6 Å². The van der Waals surface area contributed by atoms with E-state index in [0.29, 0.717) is 23.4 Å². The van der Waals surface area contributed by atoms with Crippen LogP contribution in [0.5, 0.6) is 0 Å². The number of carbonyl (C=O) groups excluding carboxylic acids is 1. The van der Waals surface area contributed by atoms with Crippen molar-refractivity contribution in [2.75, 3.05) is 5.32 Å². The molecule has 4 aromatic rings. The quantitative estimate of drug-likeness (QED) is 0.508. The Morgan fingerprint density at radius 2 is 2.07 bits per heavy atom. The molecule has 2 N–H and O–H groups in total. The van der Waals surface area contributed by atoms with E-state index in [1.807, 2.05) is 24.4 Å². The summed E-state index contributed by atoms with van der Waals surface area (Å²) < 4.78 is 15.4. The first kappa shape index (κ1) is 19.7. The van der Waals surface area contributed by atoms with Gasteiger partial charge in [-0.3, -0.25) is 14.6 Å². The van der Waals surface area contributed by atoms with Crippen molar-refractivity contribution in [3.05, 3.63) is 80.8 Å². The number of amides is 1. The molecule has 4 rings (SSSR count). The van der Waals surface area contributed by atoms with E-state index in [9.17, 15) is 14.0 Å². The standard InChI is InChI=1S/C21H18FN5O2S/c1-3-13-12(2)23-21(25-19(13)28)27-18(11-16(26-27)17-9-6-10-30-17)24-20(29)14-7-4-5-8-15(14)22/h4-11H,3H2,1-2H3,(H,24,29)(H,23,25,28). The van der Waals surface area contributed by atoms with Gasteiger partial charge in [-0.1, -0.05) is 25.1 Å². The minimum atomic E-state index is -0.630. The summed E-state index contributed by atoms with van der Waals surface area (Å²) in [5.74, 6) is -0.828. The van der Waals surface area contributed by atoms with Gasteiger partial charge >= 0.3 is 0 Å². The number of benzene rings is 1. The van der Waals surface area contributed by atoms with Crippen LogP contribution in [-0.4, -0.2) is 25.7 Å². The highest BCUT2D eigenvalue weighted by Gasteiger charge is 2.19. The molecule has 3 aromatic heterocycles. The van der Waals surface area contributed by atoms with Crippen LogP contribution in [0.25, 0.3) is 16.5 Å². The molecule has 1 amide bonds. The number of nitrogens with zero attached hydrogens (tertiary/aromatic N) is 3. The van der Waals surface area contributed by atoms with E-state index >= 15 is 0 Å². The predicted octanol–water partition coefficient (Wildman–Crippen LogP) is 3.95. The number of halogens is 1. The lowest BCUT2D eigenvalue weighted by Gasteiger charge is -2.10. The molecule has 0 saturated carbocycles. The number of aryl methyl sites for hydroxylation is 1. The smallest absolute Gasteiger partial charge is 0.259 e. The Kier molecular flexibility index (Phi) is 5.28. The number of thiophene rings is 1. The molecule has 0 spiro atoms. The predicted molar refractivity (Wildman–Crippen MR) is 114 cm³/mol. The molecule has 152 valence electrons. The van der Waals surface area contributed by atoms with Crippen molar-refractivity contribution in [2.24, 2.45) is 0 Å². The fourth-order valence-corrected chi connectivity index (χ4v) is 3.80. The van der Waals surface area contributed by atoms with Gasteiger partial charge in [0.2, 0.25) is 5.95 Å². The highest BCUT2D eigenvalue weighted by atomic mass is 32.1. The molecule has 0 unspecified atom stereocenters. The van der Waals surface area contributed by atoms with Gasteiger partial charge < -0.3 is 5.32 Å². The Hall–Kier alpha value is -3.59. The van der Waals surface area contributed by atoms with Crippen molar-refractivity contribution >= 4 is 23.1 Å². The van der Waals surface area contributed by atoms with Crippen molar-refractivity contribution in [2.45, 2.75) is 20.3 Å². The Labute approximate surface area is 175 Å². The van der Waals surface area contributed by atoms with Crippen LogP contribution in [-0.2, 0) is 6.42 Å². The van der Waals surface area contributed by atoms with Gasteiger partial charge in [-0.25, -0.2) is 9.37 Å². The summed E-state index contributed by atoms with van der Waals surface area (Å²) in [6, 6.07) is 11.1. The minimum Gasteiger partial charge on any atom is -0.306 e. The number of anilines is 1. The Morgan fingerprint density at radius 3 is 2.73 bits per heavy atom. The molecule has 30 heavy (non-hydrogen) atoms. The molecule has 0 aliphatic rings. The molecular formula is C21H18FN5O2S. The van der Waals surface area contributed by atoms with Gasteiger partial charge in [-0.15, -0.1) is 11.3 Å². The maximum Gasteiger partial charge on any atom is 0.259 e. The third-order valence-corrected chi connectivity index (χ3v) is 5.50. The summed E-state index contributed by atoms with van der Waals surface area (Å²) in [6.45, 7) is 3.63. The van der Waals surface area contributed by atoms with Crippen molar-refractivity contribution in [1.82, 2.24) is 19.7 Å². The van der Waals surface area contributed by atoms with Gasteiger partial charge in [-0.2, -0.15) is 9.78 Å². The van der Waals surface area contributed by atoms with E-state index in [-0.39, 0.29) is 22.9 Å². The summed E-state index contributed by atoms with van der Waals surface area (Å²) in [5.41, 5.74) is 1.40. The Bertz CT molecular complexity index is 1280. The molecule has 0 atom stereocenters. The lowest BCUT2D eigenvalue weighted by molar-refractivity contribution is 0.102. The number of aromatic amines is 1. The first-order valence-electron chi connectivity index (χ1n) is 9.28. The molecule has 0 fully saturated rings. The fourth-order valence-electron chi connectivity index (χ4n) is 3.12. The molecular weight excluding hydrogens is 405 g/mol. The van der Waals surface area contributed by atoms with E-state index in [2.05, 4.69) is 20.4 Å². The van der Waals surface area contributed by atoms with Gasteiger partial charge in [-0.05, 0) is 36.9 Å². The van der Waals surface area contributed by atoms with Crippen LogP contribution in [0, 0.1) is 12.7 Å². The second kappa shape index (κ2) is 8.03. The molecule has 0 bridgehead atoms. The average molecular weight is 423 g/mol. The highest BCUT2D eigenvalue weighted by Crippen LogP contribution is 2.27. The summed E-state index contributed by atoms with van der Waals surface area (Å²) in [7, 11) is 0. The second-order valence-electron chi connectivity index (χ2n) is 6.54. The second-order valence-corrected chi connectivity index (χ2v) is 7.49. The third-order valence-electron chi connectivity index (χ3n) is 4.61. The fraction of sp³-hybridized carbons (Fsp3) is 0.143. The molecule has 0 aliphatic carbocycles. The lowest BCUT2D eigenvalue weighted by atomic mass is 10.2. The largest absolute Gasteiger partial charge is 0.306 e. The number of hydrogen-bond donors (Lipinski definition) is 2. The van der Waals surface area contributed by atoms with E-state index in [1.54, 1.807) is 19.1 Å². The molecule has 0 radical (unpaired) electrons. The van der Waals surface area contributed by atoms with Gasteiger partial charge in [0.1, 0.15) is 17.3 Å². The number of hydrogen-bond acceptors (Lipinski definition) is 5. The summed E-state index contributed by atoms with van der Waals surface area (Å²) in [5, 5.41) is 9.10. The Morgan fingerprint density at radius 1 is 1.27 bits per heavy atom. The summed E-state index contributed by atoms with van der Waals surface area (Å²) in [6.07, 6.45) is 0.547. The molecule has 7 nitrogen and oxygen atoms in total. The van der Waals surface area contributed by atoms with Crippen molar-refractivity contribution in [1.29, 1.82) is 0 Å². The number of H-pyrrole nitrogens is 1. The molecule has 0 saturated heterocycles. The van der Waals surface area contributed by atoms with Crippen LogP contribution in [0.1, 0.15) is 28.5 Å². The Balaban J connectivity index is 1.81. The maximum atomic E-state index is 14.0. The summed E-state index contributed by atoms with van der Waals surface area (Å²) in [4.78, 5) is 33.1. The first-order valence-corrected chi connectivity index (χ1v) is 10.2. The first-order chi connectivity index (χ1) is 14.5. The van der Waals surface area contributed by atoms with Crippen LogP contribution >= 0.6 is 11.3 Å². The van der Waals surface area contributed by atoms with Crippen molar-refractivity contribution < 1.29 is 9.18 Å². The molecule has 0 aliphatic heterocycles. The topological polar surface area (TPSA) is 92.7 Å². The number of rotatable bonds is 5. The van der Waals surface area contributed by atoms with E-state index < -0.39 is 11.7 Å². The number of carbonyl (C=O) groups is 1. The summed E-state index contributed by atoms with van der Waals surface area (Å²) >= 11 is 1.48. The van der Waals surface area contributed by atoms with Gasteiger partial charge in [0.15, 0.2) is 0 Å².